The summed E-state index contributed by atoms with van der Waals surface area (Å²) in [6.45, 7) is 2.26. The Balaban J connectivity index is 1.76. The third kappa shape index (κ3) is 3.97. The summed E-state index contributed by atoms with van der Waals surface area (Å²) in [5, 5.41) is 6.28. The fraction of sp³-hybridized carbons (Fsp3) is 0.333. The minimum absolute atomic E-state index is 0.0302. The zero-order valence-corrected chi connectivity index (χ0v) is 16.9. The van der Waals surface area contributed by atoms with Gasteiger partial charge in [0.2, 0.25) is 5.91 Å². The number of alkyl halides is 3. The van der Waals surface area contributed by atoms with E-state index in [4.69, 9.17) is 0 Å². The average molecular weight is 431 g/mol. The van der Waals surface area contributed by atoms with E-state index >= 15 is 0 Å². The molecule has 162 valence electrons. The highest BCUT2D eigenvalue weighted by Gasteiger charge is 2.33. The Labute approximate surface area is 175 Å². The first-order chi connectivity index (χ1) is 14.6. The Morgan fingerprint density at radius 1 is 1.19 bits per heavy atom. The van der Waals surface area contributed by atoms with E-state index in [2.05, 4.69) is 20.6 Å². The highest BCUT2D eigenvalue weighted by Crippen LogP contribution is 2.33. The number of anilines is 1. The number of rotatable bonds is 4. The maximum Gasteiger partial charge on any atom is 0.416 e. The van der Waals surface area contributed by atoms with Crippen LogP contribution < -0.4 is 16.2 Å². The van der Waals surface area contributed by atoms with Crippen molar-refractivity contribution in [1.82, 2.24) is 19.9 Å². The maximum atomic E-state index is 12.9. The lowest BCUT2D eigenvalue weighted by atomic mass is 10.00. The van der Waals surface area contributed by atoms with Crippen molar-refractivity contribution in [3.8, 4) is 11.1 Å². The minimum Gasteiger partial charge on any atom is -0.367 e. The monoisotopic (exact) mass is 431 g/mol. The number of pyridine rings is 1. The lowest BCUT2D eigenvalue weighted by Gasteiger charge is -2.25. The van der Waals surface area contributed by atoms with Crippen LogP contribution in [0.1, 0.15) is 25.3 Å². The molecule has 1 aliphatic rings. The normalized spacial score (nSPS) is 18.9. The average Bonchev–Trinajstić information content (AvgIpc) is 3.07. The van der Waals surface area contributed by atoms with E-state index in [0.29, 0.717) is 41.8 Å². The molecule has 2 N–H and O–H groups in total. The number of carbonyl (C=O) groups is 1. The summed E-state index contributed by atoms with van der Waals surface area (Å²) in [6.07, 6.45) is -0.512. The molecule has 7 nitrogen and oxygen atoms in total. The quantitative estimate of drug-likeness (QED) is 0.663. The second-order valence-electron chi connectivity index (χ2n) is 7.94. The SMILES string of the molecule is Cn1cnc2c(-c3ccc(C(F)(F)F)cc3)cnc(NCC3(C)CCC(=O)N3)c2c1=O. The fourth-order valence-corrected chi connectivity index (χ4v) is 3.66. The molecule has 10 heteroatoms. The minimum atomic E-state index is -4.44. The van der Waals surface area contributed by atoms with Gasteiger partial charge in [0.1, 0.15) is 11.2 Å². The van der Waals surface area contributed by atoms with Crippen molar-refractivity contribution in [3.63, 3.8) is 0 Å². The Kier molecular flexibility index (Phi) is 4.95. The summed E-state index contributed by atoms with van der Waals surface area (Å²) in [4.78, 5) is 33.2. The van der Waals surface area contributed by atoms with E-state index in [1.165, 1.54) is 29.2 Å². The Hall–Kier alpha value is -3.43. The molecule has 2 aromatic heterocycles. The first-order valence-corrected chi connectivity index (χ1v) is 9.64. The largest absolute Gasteiger partial charge is 0.416 e. The number of fused-ring (bicyclic) bond motifs is 1. The van der Waals surface area contributed by atoms with Crippen LogP contribution >= 0.6 is 0 Å². The number of nitrogens with zero attached hydrogens (tertiary/aromatic N) is 3. The molecule has 1 fully saturated rings. The molecular weight excluding hydrogens is 411 g/mol. The highest BCUT2D eigenvalue weighted by atomic mass is 19.4. The van der Waals surface area contributed by atoms with Crippen molar-refractivity contribution >= 4 is 22.6 Å². The summed E-state index contributed by atoms with van der Waals surface area (Å²) >= 11 is 0. The number of halogens is 3. The highest BCUT2D eigenvalue weighted by molar-refractivity contribution is 5.98. The predicted octanol–water partition coefficient (Wildman–Crippen LogP) is 3.09. The van der Waals surface area contributed by atoms with Gasteiger partial charge in [-0.15, -0.1) is 0 Å². The predicted molar refractivity (Wildman–Crippen MR) is 109 cm³/mol. The van der Waals surface area contributed by atoms with Gasteiger partial charge in [-0.05, 0) is 31.0 Å². The van der Waals surface area contributed by atoms with Crippen LogP contribution in [0.5, 0.6) is 0 Å². The smallest absolute Gasteiger partial charge is 0.367 e. The maximum absolute atomic E-state index is 12.9. The van der Waals surface area contributed by atoms with E-state index in [1.54, 1.807) is 7.05 Å². The molecule has 0 saturated carbocycles. The fourth-order valence-electron chi connectivity index (χ4n) is 3.66. The first-order valence-electron chi connectivity index (χ1n) is 9.64. The molecule has 3 heterocycles. The van der Waals surface area contributed by atoms with E-state index < -0.39 is 17.3 Å². The number of hydrogen-bond donors (Lipinski definition) is 2. The van der Waals surface area contributed by atoms with Crippen LogP contribution in [0, 0.1) is 0 Å². The number of aryl methyl sites for hydroxylation is 1. The molecule has 0 spiro atoms. The van der Waals surface area contributed by atoms with Crippen molar-refractivity contribution in [3.05, 3.63) is 52.7 Å². The summed E-state index contributed by atoms with van der Waals surface area (Å²) in [7, 11) is 1.56. The molecule has 1 amide bonds. The summed E-state index contributed by atoms with van der Waals surface area (Å²) in [6, 6.07) is 4.64. The molecule has 1 atom stereocenters. The lowest BCUT2D eigenvalue weighted by Crippen LogP contribution is -2.44. The molecule has 1 aromatic carbocycles. The summed E-state index contributed by atoms with van der Waals surface area (Å²) < 4.78 is 40.0. The Bertz CT molecular complexity index is 1220. The van der Waals surface area contributed by atoms with Crippen molar-refractivity contribution in [2.24, 2.45) is 7.05 Å². The lowest BCUT2D eigenvalue weighted by molar-refractivity contribution is -0.137. The van der Waals surface area contributed by atoms with Crippen molar-refractivity contribution in [2.45, 2.75) is 31.5 Å². The third-order valence-electron chi connectivity index (χ3n) is 5.46. The van der Waals surface area contributed by atoms with Gasteiger partial charge < -0.3 is 15.2 Å². The molecule has 1 aliphatic heterocycles. The van der Waals surface area contributed by atoms with Gasteiger partial charge in [-0.1, -0.05) is 12.1 Å². The van der Waals surface area contributed by atoms with Gasteiger partial charge >= 0.3 is 6.18 Å². The number of amides is 1. The van der Waals surface area contributed by atoms with Crippen molar-refractivity contribution in [2.75, 3.05) is 11.9 Å². The molecule has 1 unspecified atom stereocenters. The molecule has 4 rings (SSSR count). The van der Waals surface area contributed by atoms with E-state index in [9.17, 15) is 22.8 Å². The van der Waals surface area contributed by atoms with E-state index in [-0.39, 0.29) is 16.9 Å². The van der Waals surface area contributed by atoms with Gasteiger partial charge in [0.15, 0.2) is 0 Å². The number of aromatic nitrogens is 3. The molecule has 31 heavy (non-hydrogen) atoms. The standard InChI is InChI=1S/C21H20F3N5O2/c1-20(8-7-15(30)28-20)10-26-18-16-17(27-11-29(2)19(16)31)14(9-25-18)12-3-5-13(6-4-12)21(22,23)24/h3-6,9,11H,7-8,10H2,1-2H3,(H,25,26)(H,28,30). The van der Waals surface area contributed by atoms with Gasteiger partial charge in [0.05, 0.1) is 22.9 Å². The van der Waals surface area contributed by atoms with E-state index in [0.717, 1.165) is 12.1 Å². The van der Waals surface area contributed by atoms with Crippen LogP contribution in [-0.4, -0.2) is 32.5 Å². The number of carbonyl (C=O) groups excluding carboxylic acids is 1. The van der Waals surface area contributed by atoms with Crippen LogP contribution in [0.4, 0.5) is 19.0 Å². The third-order valence-corrected chi connectivity index (χ3v) is 5.46. The number of benzene rings is 1. The van der Waals surface area contributed by atoms with Crippen LogP contribution in [0.25, 0.3) is 22.0 Å². The number of hydrogen-bond acceptors (Lipinski definition) is 5. The van der Waals surface area contributed by atoms with Crippen molar-refractivity contribution in [1.29, 1.82) is 0 Å². The second-order valence-corrected chi connectivity index (χ2v) is 7.94. The second kappa shape index (κ2) is 7.36. The van der Waals surface area contributed by atoms with Gasteiger partial charge in [-0.3, -0.25) is 9.59 Å². The number of nitrogens with one attached hydrogen (secondary N) is 2. The summed E-state index contributed by atoms with van der Waals surface area (Å²) in [5.41, 5.74) is -0.317. The van der Waals surface area contributed by atoms with Crippen LogP contribution in [0.2, 0.25) is 0 Å². The van der Waals surface area contributed by atoms with Crippen molar-refractivity contribution < 1.29 is 18.0 Å². The van der Waals surface area contributed by atoms with Crippen LogP contribution in [0.3, 0.4) is 0 Å². The Morgan fingerprint density at radius 2 is 1.90 bits per heavy atom. The van der Waals surface area contributed by atoms with Crippen LogP contribution in [0.15, 0.2) is 41.6 Å². The molecule has 1 saturated heterocycles. The topological polar surface area (TPSA) is 88.9 Å². The molecule has 3 aromatic rings. The van der Waals surface area contributed by atoms with Gasteiger partial charge in [0, 0.05) is 31.8 Å². The molecular formula is C21H20F3N5O2. The van der Waals surface area contributed by atoms with E-state index in [1.807, 2.05) is 6.92 Å². The zero-order chi connectivity index (χ0) is 22.4. The van der Waals surface area contributed by atoms with Crippen LogP contribution in [-0.2, 0) is 18.0 Å². The molecule has 0 bridgehead atoms. The Morgan fingerprint density at radius 3 is 2.52 bits per heavy atom. The van der Waals surface area contributed by atoms with Gasteiger partial charge in [-0.25, -0.2) is 9.97 Å². The first kappa shape index (κ1) is 20.8. The molecule has 0 radical (unpaired) electrons. The summed E-state index contributed by atoms with van der Waals surface area (Å²) in [5.74, 6) is 0.277. The van der Waals surface area contributed by atoms with Gasteiger partial charge in [0.25, 0.3) is 5.56 Å². The molecule has 0 aliphatic carbocycles. The zero-order valence-electron chi connectivity index (χ0n) is 16.9. The van der Waals surface area contributed by atoms with Gasteiger partial charge in [-0.2, -0.15) is 13.2 Å².